The minimum atomic E-state index is 0.541. The molecule has 0 spiro atoms. The second kappa shape index (κ2) is 3.88. The molecule has 0 aromatic heterocycles. The Hall–Kier alpha value is -0.150. The summed E-state index contributed by atoms with van der Waals surface area (Å²) in [5, 5.41) is 7.26. The zero-order valence-electron chi connectivity index (χ0n) is 6.06. The summed E-state index contributed by atoms with van der Waals surface area (Å²) in [7, 11) is 0. The van der Waals surface area contributed by atoms with Gasteiger partial charge in [-0.1, -0.05) is 6.58 Å². The van der Waals surface area contributed by atoms with Crippen LogP contribution in [-0.4, -0.2) is 19.1 Å². The largest absolute Gasteiger partial charge is 0.377 e. The third-order valence-corrected chi connectivity index (χ3v) is 1.80. The van der Waals surface area contributed by atoms with Gasteiger partial charge in [0.1, 0.15) is 0 Å². The zero-order valence-corrected chi connectivity index (χ0v) is 6.95. The van der Waals surface area contributed by atoms with Crippen molar-refractivity contribution >= 4 is 12.6 Å². The van der Waals surface area contributed by atoms with Crippen molar-refractivity contribution in [2.45, 2.75) is 18.9 Å². The summed E-state index contributed by atoms with van der Waals surface area (Å²) in [5.41, 5.74) is 0. The highest BCUT2D eigenvalue weighted by molar-refractivity contribution is 7.84. The lowest BCUT2D eigenvalue weighted by molar-refractivity contribution is 0.420. The minimum Gasteiger partial charge on any atom is -0.377 e. The molecule has 1 aliphatic heterocycles. The van der Waals surface area contributed by atoms with Gasteiger partial charge in [0.05, 0.1) is 5.03 Å². The molecule has 1 aliphatic rings. The summed E-state index contributed by atoms with van der Waals surface area (Å²) in [5.74, 6) is 0. The summed E-state index contributed by atoms with van der Waals surface area (Å²) >= 11 is 4.07. The van der Waals surface area contributed by atoms with Gasteiger partial charge in [-0.2, -0.15) is 0 Å². The van der Waals surface area contributed by atoms with Crippen LogP contribution < -0.4 is 10.6 Å². The van der Waals surface area contributed by atoms with E-state index in [1.807, 2.05) is 0 Å². The first-order valence-electron chi connectivity index (χ1n) is 3.64. The number of rotatable bonds is 2. The van der Waals surface area contributed by atoms with Crippen LogP contribution in [-0.2, 0) is 0 Å². The molecule has 1 fully saturated rings. The number of thiol groups is 1. The van der Waals surface area contributed by atoms with Crippen molar-refractivity contribution in [1.82, 2.24) is 10.6 Å². The van der Waals surface area contributed by atoms with Crippen LogP contribution in [0.25, 0.3) is 0 Å². The van der Waals surface area contributed by atoms with Crippen molar-refractivity contribution in [1.29, 1.82) is 0 Å². The third-order valence-electron chi connectivity index (χ3n) is 1.67. The Morgan fingerprint density at radius 1 is 1.70 bits per heavy atom. The summed E-state index contributed by atoms with van der Waals surface area (Å²) in [6.45, 7) is 5.87. The molecule has 0 aliphatic carbocycles. The van der Waals surface area contributed by atoms with Crippen molar-refractivity contribution in [2.75, 3.05) is 13.1 Å². The highest BCUT2D eigenvalue weighted by Crippen LogP contribution is 2.03. The van der Waals surface area contributed by atoms with E-state index in [0.29, 0.717) is 6.04 Å². The first-order valence-corrected chi connectivity index (χ1v) is 4.09. The Bertz CT molecular complexity index is 119. The molecule has 2 N–H and O–H groups in total. The Morgan fingerprint density at radius 2 is 2.50 bits per heavy atom. The number of piperidine rings is 1. The standard InChI is InChI=1S/C7H14N2S/c1-6(10)9-7-3-2-4-8-5-7/h7-10H,1-5H2. The van der Waals surface area contributed by atoms with E-state index < -0.39 is 0 Å². The highest BCUT2D eigenvalue weighted by Gasteiger charge is 2.10. The van der Waals surface area contributed by atoms with E-state index in [0.717, 1.165) is 18.1 Å². The van der Waals surface area contributed by atoms with Gasteiger partial charge in [0, 0.05) is 12.6 Å². The van der Waals surface area contributed by atoms with Crippen LogP contribution in [0.3, 0.4) is 0 Å². The maximum atomic E-state index is 4.07. The van der Waals surface area contributed by atoms with Gasteiger partial charge in [0.15, 0.2) is 0 Å². The van der Waals surface area contributed by atoms with Gasteiger partial charge in [0.25, 0.3) is 0 Å². The quantitative estimate of drug-likeness (QED) is 0.516. The van der Waals surface area contributed by atoms with Gasteiger partial charge < -0.3 is 10.6 Å². The number of hydrogen-bond acceptors (Lipinski definition) is 3. The van der Waals surface area contributed by atoms with E-state index in [4.69, 9.17) is 0 Å². The predicted octanol–water partition coefficient (Wildman–Crippen LogP) is 0.729. The van der Waals surface area contributed by atoms with Gasteiger partial charge in [0.2, 0.25) is 0 Å². The average Bonchev–Trinajstić information content (AvgIpc) is 1.88. The second-order valence-electron chi connectivity index (χ2n) is 2.63. The molecule has 0 radical (unpaired) electrons. The zero-order chi connectivity index (χ0) is 7.40. The third kappa shape index (κ3) is 2.62. The van der Waals surface area contributed by atoms with Crippen molar-refractivity contribution in [3.8, 4) is 0 Å². The topological polar surface area (TPSA) is 24.1 Å². The molecule has 1 saturated heterocycles. The molecule has 1 atom stereocenters. The smallest absolute Gasteiger partial charge is 0.0579 e. The molecule has 1 heterocycles. The van der Waals surface area contributed by atoms with Crippen molar-refractivity contribution in [2.24, 2.45) is 0 Å². The molecule has 2 nitrogen and oxygen atoms in total. The highest BCUT2D eigenvalue weighted by atomic mass is 32.1. The van der Waals surface area contributed by atoms with Crippen LogP contribution in [0.15, 0.2) is 11.6 Å². The van der Waals surface area contributed by atoms with Crippen LogP contribution in [0, 0.1) is 0 Å². The molecule has 1 unspecified atom stereocenters. The molecule has 0 aromatic rings. The summed E-state index contributed by atoms with van der Waals surface area (Å²) in [4.78, 5) is 0. The Morgan fingerprint density at radius 3 is 3.00 bits per heavy atom. The number of nitrogens with one attached hydrogen (secondary N) is 2. The molecule has 3 heteroatoms. The van der Waals surface area contributed by atoms with Gasteiger partial charge in [-0.3, -0.25) is 0 Å². The van der Waals surface area contributed by atoms with E-state index in [9.17, 15) is 0 Å². The molecule has 1 rings (SSSR count). The lowest BCUT2D eigenvalue weighted by Crippen LogP contribution is -2.41. The maximum Gasteiger partial charge on any atom is 0.0579 e. The van der Waals surface area contributed by atoms with Crippen LogP contribution in [0.5, 0.6) is 0 Å². The summed E-state index contributed by atoms with van der Waals surface area (Å²) < 4.78 is 0. The molecule has 0 aromatic carbocycles. The Balaban J connectivity index is 2.19. The second-order valence-corrected chi connectivity index (χ2v) is 3.17. The lowest BCUT2D eigenvalue weighted by Gasteiger charge is -2.24. The minimum absolute atomic E-state index is 0.541. The van der Waals surface area contributed by atoms with E-state index >= 15 is 0 Å². The Kier molecular flexibility index (Phi) is 3.09. The van der Waals surface area contributed by atoms with Crippen molar-refractivity contribution < 1.29 is 0 Å². The molecular weight excluding hydrogens is 144 g/mol. The monoisotopic (exact) mass is 158 g/mol. The van der Waals surface area contributed by atoms with E-state index in [-0.39, 0.29) is 0 Å². The lowest BCUT2D eigenvalue weighted by atomic mass is 10.1. The van der Waals surface area contributed by atoms with Crippen molar-refractivity contribution in [3.05, 3.63) is 11.6 Å². The van der Waals surface area contributed by atoms with Crippen LogP contribution >= 0.6 is 12.6 Å². The van der Waals surface area contributed by atoms with Gasteiger partial charge >= 0.3 is 0 Å². The first-order chi connectivity index (χ1) is 4.79. The molecule has 58 valence electrons. The van der Waals surface area contributed by atoms with Crippen LogP contribution in [0.1, 0.15) is 12.8 Å². The van der Waals surface area contributed by atoms with E-state index in [1.165, 1.54) is 12.8 Å². The number of hydrogen-bond donors (Lipinski definition) is 3. The normalized spacial score (nSPS) is 25.9. The fraction of sp³-hybridized carbons (Fsp3) is 0.714. The van der Waals surface area contributed by atoms with Crippen LogP contribution in [0.4, 0.5) is 0 Å². The molecule has 0 amide bonds. The van der Waals surface area contributed by atoms with Crippen LogP contribution in [0.2, 0.25) is 0 Å². The van der Waals surface area contributed by atoms with E-state index in [2.05, 4.69) is 29.8 Å². The fourth-order valence-electron chi connectivity index (χ4n) is 1.21. The molecular formula is C7H14N2S. The molecule has 10 heavy (non-hydrogen) atoms. The van der Waals surface area contributed by atoms with Gasteiger partial charge in [-0.05, 0) is 19.4 Å². The van der Waals surface area contributed by atoms with Gasteiger partial charge in [-0.15, -0.1) is 12.6 Å². The SMILES string of the molecule is C=C(S)NC1CCCNC1. The van der Waals surface area contributed by atoms with Gasteiger partial charge in [-0.25, -0.2) is 0 Å². The molecule has 0 saturated carbocycles. The fourth-order valence-corrected chi connectivity index (χ4v) is 1.39. The Labute approximate surface area is 67.5 Å². The summed E-state index contributed by atoms with van der Waals surface area (Å²) in [6.07, 6.45) is 2.48. The first kappa shape index (κ1) is 7.95. The van der Waals surface area contributed by atoms with E-state index in [1.54, 1.807) is 0 Å². The molecule has 0 bridgehead atoms. The predicted molar refractivity (Wildman–Crippen MR) is 47.2 cm³/mol. The van der Waals surface area contributed by atoms with Crippen molar-refractivity contribution in [3.63, 3.8) is 0 Å². The summed E-state index contributed by atoms with van der Waals surface area (Å²) in [6, 6.07) is 0.541. The average molecular weight is 158 g/mol. The maximum absolute atomic E-state index is 4.07.